The van der Waals surface area contributed by atoms with Gasteiger partial charge < -0.3 is 9.64 Å². The van der Waals surface area contributed by atoms with Gasteiger partial charge in [-0.1, -0.05) is 6.07 Å². The van der Waals surface area contributed by atoms with Crippen LogP contribution in [0.15, 0.2) is 24.4 Å². The van der Waals surface area contributed by atoms with Gasteiger partial charge >= 0.3 is 0 Å². The molecule has 3 heterocycles. The van der Waals surface area contributed by atoms with Gasteiger partial charge in [0.15, 0.2) is 0 Å². The van der Waals surface area contributed by atoms with Gasteiger partial charge in [-0.15, -0.1) is 0 Å². The number of aryl methyl sites for hydroxylation is 1. The van der Waals surface area contributed by atoms with E-state index in [1.165, 1.54) is 11.3 Å². The smallest absolute Gasteiger partial charge is 0.128 e. The van der Waals surface area contributed by atoms with Crippen LogP contribution in [0.1, 0.15) is 23.1 Å². The van der Waals surface area contributed by atoms with Gasteiger partial charge in [-0.2, -0.15) is 5.10 Å². The molecule has 1 aliphatic heterocycles. The van der Waals surface area contributed by atoms with Gasteiger partial charge in [-0.05, 0) is 19.1 Å². The van der Waals surface area contributed by atoms with E-state index in [1.807, 2.05) is 49.1 Å². The molecule has 1 atom stereocenters. The first-order chi connectivity index (χ1) is 11.0. The molecule has 0 saturated carbocycles. The Labute approximate surface area is 137 Å². The Hall–Kier alpha value is -1.92. The van der Waals surface area contributed by atoms with Crippen LogP contribution in [0.4, 0.5) is 5.82 Å². The van der Waals surface area contributed by atoms with Crippen molar-refractivity contribution < 1.29 is 4.74 Å². The van der Waals surface area contributed by atoms with E-state index in [9.17, 15) is 0 Å². The quantitative estimate of drug-likeness (QED) is 0.860. The fourth-order valence-electron chi connectivity index (χ4n) is 2.83. The molecule has 124 valence electrons. The molecule has 23 heavy (non-hydrogen) atoms. The first-order valence-corrected chi connectivity index (χ1v) is 8.00. The zero-order valence-electron chi connectivity index (χ0n) is 14.4. The van der Waals surface area contributed by atoms with E-state index in [-0.39, 0.29) is 6.10 Å². The third-order valence-electron chi connectivity index (χ3n) is 4.43. The number of aromatic nitrogens is 3. The molecule has 1 unspecified atom stereocenters. The van der Waals surface area contributed by atoms with Crippen LogP contribution >= 0.6 is 0 Å². The van der Waals surface area contributed by atoms with Crippen molar-refractivity contribution in [2.45, 2.75) is 19.6 Å². The topological polar surface area (TPSA) is 46.4 Å². The number of pyridine rings is 1. The van der Waals surface area contributed by atoms with Crippen molar-refractivity contribution in [2.75, 3.05) is 38.7 Å². The minimum atomic E-state index is 0.0284. The Balaban J connectivity index is 1.71. The second kappa shape index (κ2) is 6.68. The summed E-state index contributed by atoms with van der Waals surface area (Å²) in [5.74, 6) is 0.964. The normalized spacial score (nSPS) is 19.0. The molecule has 6 nitrogen and oxygen atoms in total. The zero-order chi connectivity index (χ0) is 16.4. The molecule has 2 aromatic heterocycles. The number of morpholine rings is 1. The van der Waals surface area contributed by atoms with E-state index in [2.05, 4.69) is 23.0 Å². The second-order valence-electron chi connectivity index (χ2n) is 6.29. The fourth-order valence-corrected chi connectivity index (χ4v) is 2.83. The van der Waals surface area contributed by atoms with E-state index in [0.29, 0.717) is 0 Å². The maximum Gasteiger partial charge on any atom is 0.128 e. The van der Waals surface area contributed by atoms with Crippen molar-refractivity contribution >= 4 is 5.82 Å². The molecule has 0 amide bonds. The molecule has 0 aromatic carbocycles. The Bertz CT molecular complexity index is 667. The third kappa shape index (κ3) is 3.54. The molecule has 0 bridgehead atoms. The predicted octanol–water partition coefficient (Wildman–Crippen LogP) is 1.76. The highest BCUT2D eigenvalue weighted by atomic mass is 16.5. The van der Waals surface area contributed by atoms with Gasteiger partial charge in [-0.25, -0.2) is 4.98 Å². The van der Waals surface area contributed by atoms with Gasteiger partial charge in [0.1, 0.15) is 11.9 Å². The average molecular weight is 315 g/mol. The lowest BCUT2D eigenvalue weighted by atomic mass is 10.1. The highest BCUT2D eigenvalue weighted by molar-refractivity contribution is 5.37. The summed E-state index contributed by atoms with van der Waals surface area (Å²) >= 11 is 0. The van der Waals surface area contributed by atoms with E-state index in [1.54, 1.807) is 0 Å². The van der Waals surface area contributed by atoms with Crippen molar-refractivity contribution in [3.05, 3.63) is 41.3 Å². The highest BCUT2D eigenvalue weighted by Crippen LogP contribution is 2.24. The first kappa shape index (κ1) is 16.0. The van der Waals surface area contributed by atoms with Crippen molar-refractivity contribution in [1.29, 1.82) is 0 Å². The largest absolute Gasteiger partial charge is 0.369 e. The van der Waals surface area contributed by atoms with E-state index >= 15 is 0 Å². The summed E-state index contributed by atoms with van der Waals surface area (Å²) in [5.41, 5.74) is 3.51. The van der Waals surface area contributed by atoms with Crippen molar-refractivity contribution in [1.82, 2.24) is 19.7 Å². The second-order valence-corrected chi connectivity index (χ2v) is 6.29. The van der Waals surface area contributed by atoms with Crippen molar-refractivity contribution in [3.8, 4) is 0 Å². The molecule has 1 saturated heterocycles. The highest BCUT2D eigenvalue weighted by Gasteiger charge is 2.24. The molecule has 1 fully saturated rings. The number of anilines is 1. The Morgan fingerprint density at radius 2 is 2.17 bits per heavy atom. The standard InChI is InChI=1S/C17H25N5O/c1-13-14(10-18-21(13)4)11-22-8-9-23-16(12-22)15-6-5-7-17(19-15)20(2)3/h5-7,10,16H,8-9,11-12H2,1-4H3. The van der Waals surface area contributed by atoms with Gasteiger partial charge in [0.05, 0.1) is 18.5 Å². The third-order valence-corrected chi connectivity index (χ3v) is 4.43. The maximum absolute atomic E-state index is 5.96. The van der Waals surface area contributed by atoms with Crippen molar-refractivity contribution in [2.24, 2.45) is 7.05 Å². The summed E-state index contributed by atoms with van der Waals surface area (Å²) in [6, 6.07) is 6.12. The van der Waals surface area contributed by atoms with E-state index < -0.39 is 0 Å². The number of hydrogen-bond donors (Lipinski definition) is 0. The molecule has 3 rings (SSSR count). The molecular weight excluding hydrogens is 290 g/mol. The lowest BCUT2D eigenvalue weighted by molar-refractivity contribution is -0.0350. The average Bonchev–Trinajstić information content (AvgIpc) is 2.87. The molecule has 0 aliphatic carbocycles. The lowest BCUT2D eigenvalue weighted by Crippen LogP contribution is -2.38. The minimum Gasteiger partial charge on any atom is -0.369 e. The Kier molecular flexibility index (Phi) is 4.63. The van der Waals surface area contributed by atoms with Crippen LogP contribution in [0, 0.1) is 6.92 Å². The SMILES string of the molecule is Cc1c(CN2CCOC(c3cccc(N(C)C)n3)C2)cnn1C. The van der Waals surface area contributed by atoms with Crippen LogP contribution in [0.25, 0.3) is 0 Å². The van der Waals surface area contributed by atoms with E-state index in [4.69, 9.17) is 9.72 Å². The van der Waals surface area contributed by atoms with E-state index in [0.717, 1.165) is 37.8 Å². The Morgan fingerprint density at radius 3 is 2.87 bits per heavy atom. The molecule has 0 spiro atoms. The number of ether oxygens (including phenoxy) is 1. The van der Waals surface area contributed by atoms with Crippen molar-refractivity contribution in [3.63, 3.8) is 0 Å². The predicted molar refractivity (Wildman–Crippen MR) is 90.5 cm³/mol. The molecular formula is C17H25N5O. The number of nitrogens with zero attached hydrogens (tertiary/aromatic N) is 5. The fraction of sp³-hybridized carbons (Fsp3) is 0.529. The molecule has 2 aromatic rings. The first-order valence-electron chi connectivity index (χ1n) is 8.00. The van der Waals surface area contributed by atoms with Gasteiger partial charge in [0.25, 0.3) is 0 Å². The monoisotopic (exact) mass is 315 g/mol. The summed E-state index contributed by atoms with van der Waals surface area (Å²) in [7, 11) is 5.99. The summed E-state index contributed by atoms with van der Waals surface area (Å²) in [6.45, 7) is 5.56. The van der Waals surface area contributed by atoms with Gasteiger partial charge in [-0.3, -0.25) is 9.58 Å². The summed E-state index contributed by atoms with van der Waals surface area (Å²) in [6.07, 6.45) is 1.99. The van der Waals surface area contributed by atoms with Crippen LogP contribution < -0.4 is 4.90 Å². The van der Waals surface area contributed by atoms with Crippen LogP contribution in [0.5, 0.6) is 0 Å². The summed E-state index contributed by atoms with van der Waals surface area (Å²) < 4.78 is 7.88. The number of rotatable bonds is 4. The molecule has 0 N–H and O–H groups in total. The Morgan fingerprint density at radius 1 is 1.35 bits per heavy atom. The van der Waals surface area contributed by atoms with Crippen LogP contribution in [0.3, 0.4) is 0 Å². The zero-order valence-corrected chi connectivity index (χ0v) is 14.4. The lowest BCUT2D eigenvalue weighted by Gasteiger charge is -2.32. The van der Waals surface area contributed by atoms with Crippen LogP contribution in [0.2, 0.25) is 0 Å². The van der Waals surface area contributed by atoms with Gasteiger partial charge in [0.2, 0.25) is 0 Å². The summed E-state index contributed by atoms with van der Waals surface area (Å²) in [4.78, 5) is 9.15. The summed E-state index contributed by atoms with van der Waals surface area (Å²) in [5, 5.41) is 4.33. The molecule has 6 heteroatoms. The molecule has 0 radical (unpaired) electrons. The maximum atomic E-state index is 5.96. The van der Waals surface area contributed by atoms with Gasteiger partial charge in [0, 0.05) is 52.0 Å². The van der Waals surface area contributed by atoms with Crippen LogP contribution in [-0.4, -0.2) is 53.5 Å². The van der Waals surface area contributed by atoms with Crippen LogP contribution in [-0.2, 0) is 18.3 Å². The number of hydrogen-bond acceptors (Lipinski definition) is 5. The minimum absolute atomic E-state index is 0.0284. The molecule has 1 aliphatic rings.